The molecule has 112 valence electrons. The molecule has 0 spiro atoms. The van der Waals surface area contributed by atoms with Gasteiger partial charge in [0.1, 0.15) is 5.82 Å². The summed E-state index contributed by atoms with van der Waals surface area (Å²) in [6, 6.07) is 5.70. The van der Waals surface area contributed by atoms with E-state index in [0.29, 0.717) is 16.4 Å². The van der Waals surface area contributed by atoms with Crippen molar-refractivity contribution in [3.63, 3.8) is 0 Å². The fraction of sp³-hybridized carbons (Fsp3) is 0.625. The van der Waals surface area contributed by atoms with Crippen molar-refractivity contribution in [2.45, 2.75) is 32.7 Å². The van der Waals surface area contributed by atoms with E-state index in [2.05, 4.69) is 46.1 Å². The summed E-state index contributed by atoms with van der Waals surface area (Å²) in [6.45, 7) is 8.60. The number of nitrogens with zero attached hydrogens (tertiary/aromatic N) is 1. The molecule has 0 aliphatic carbocycles. The number of nitrogens with one attached hydrogen (secondary N) is 1. The van der Waals surface area contributed by atoms with Gasteiger partial charge in [-0.25, -0.2) is 4.39 Å². The lowest BCUT2D eigenvalue weighted by molar-refractivity contribution is 0.159. The van der Waals surface area contributed by atoms with Crippen molar-refractivity contribution in [2.75, 3.05) is 26.2 Å². The molecule has 1 aromatic carbocycles. The van der Waals surface area contributed by atoms with Crippen LogP contribution < -0.4 is 5.32 Å². The third kappa shape index (κ3) is 4.03. The second-order valence-corrected chi connectivity index (χ2v) is 6.71. The summed E-state index contributed by atoms with van der Waals surface area (Å²) in [5.41, 5.74) is 1.09. The molecule has 1 heterocycles. The van der Waals surface area contributed by atoms with E-state index in [-0.39, 0.29) is 5.82 Å². The molecule has 0 amide bonds. The molecule has 1 atom stereocenters. The number of rotatable bonds is 5. The summed E-state index contributed by atoms with van der Waals surface area (Å²) >= 11 is 3.44. The Morgan fingerprint density at radius 2 is 1.95 bits per heavy atom. The molecule has 2 rings (SSSR count). The van der Waals surface area contributed by atoms with Gasteiger partial charge in [-0.1, -0.05) is 26.0 Å². The first kappa shape index (κ1) is 15.9. The zero-order valence-electron chi connectivity index (χ0n) is 12.3. The van der Waals surface area contributed by atoms with E-state index in [9.17, 15) is 4.39 Å². The standard InChI is InChI=1S/C16H24BrFN2/c1-12(2)6-7-15(20-10-8-19-9-11-20)13-4-3-5-14(18)16(13)17/h3-5,12,15,19H,6-11H2,1-2H3/t15-/m1/s1. The zero-order valence-corrected chi connectivity index (χ0v) is 13.9. The Bertz CT molecular complexity index is 430. The lowest BCUT2D eigenvalue weighted by Gasteiger charge is -2.36. The van der Waals surface area contributed by atoms with Gasteiger partial charge in [0, 0.05) is 32.2 Å². The minimum Gasteiger partial charge on any atom is -0.314 e. The highest BCUT2D eigenvalue weighted by Gasteiger charge is 2.24. The summed E-state index contributed by atoms with van der Waals surface area (Å²) in [4.78, 5) is 2.48. The molecule has 0 radical (unpaired) electrons. The normalized spacial score (nSPS) is 18.4. The van der Waals surface area contributed by atoms with Gasteiger partial charge in [-0.15, -0.1) is 0 Å². The molecule has 0 unspecified atom stereocenters. The lowest BCUT2D eigenvalue weighted by atomic mass is 9.95. The van der Waals surface area contributed by atoms with Gasteiger partial charge in [0.05, 0.1) is 4.47 Å². The number of benzene rings is 1. The Morgan fingerprint density at radius 3 is 2.60 bits per heavy atom. The van der Waals surface area contributed by atoms with Crippen LogP contribution in [0.3, 0.4) is 0 Å². The molecule has 1 aliphatic rings. The van der Waals surface area contributed by atoms with Crippen LogP contribution in [-0.4, -0.2) is 31.1 Å². The molecule has 1 fully saturated rings. The third-order valence-corrected chi connectivity index (χ3v) is 4.79. The highest BCUT2D eigenvalue weighted by atomic mass is 79.9. The summed E-state index contributed by atoms with van der Waals surface area (Å²) in [7, 11) is 0. The third-order valence-electron chi connectivity index (χ3n) is 3.95. The van der Waals surface area contributed by atoms with Crippen LogP contribution in [0, 0.1) is 11.7 Å². The highest BCUT2D eigenvalue weighted by molar-refractivity contribution is 9.10. The number of halogens is 2. The fourth-order valence-corrected chi connectivity index (χ4v) is 3.33. The van der Waals surface area contributed by atoms with Crippen LogP contribution in [0.2, 0.25) is 0 Å². The predicted octanol–water partition coefficient (Wildman–Crippen LogP) is 3.97. The molecule has 4 heteroatoms. The van der Waals surface area contributed by atoms with E-state index >= 15 is 0 Å². The Labute approximate surface area is 129 Å². The zero-order chi connectivity index (χ0) is 14.5. The molecule has 0 aromatic heterocycles. The smallest absolute Gasteiger partial charge is 0.137 e. The topological polar surface area (TPSA) is 15.3 Å². The molecule has 1 aromatic rings. The summed E-state index contributed by atoms with van der Waals surface area (Å²) in [6.07, 6.45) is 2.25. The molecular formula is C16H24BrFN2. The van der Waals surface area contributed by atoms with E-state index in [1.54, 1.807) is 0 Å². The molecule has 0 bridgehead atoms. The molecule has 0 saturated carbocycles. The van der Waals surface area contributed by atoms with E-state index in [1.807, 2.05) is 6.07 Å². The van der Waals surface area contributed by atoms with Gasteiger partial charge in [-0.05, 0) is 46.3 Å². The maximum Gasteiger partial charge on any atom is 0.137 e. The Hall–Kier alpha value is -0.450. The minimum absolute atomic E-state index is 0.160. The van der Waals surface area contributed by atoms with Crippen LogP contribution in [0.5, 0.6) is 0 Å². The molecular weight excluding hydrogens is 319 g/mol. The number of piperazine rings is 1. The SMILES string of the molecule is CC(C)CC[C@H](c1cccc(F)c1Br)N1CCNCC1. The first-order valence-electron chi connectivity index (χ1n) is 7.48. The molecule has 20 heavy (non-hydrogen) atoms. The van der Waals surface area contributed by atoms with E-state index in [0.717, 1.165) is 44.6 Å². The van der Waals surface area contributed by atoms with E-state index in [4.69, 9.17) is 0 Å². The van der Waals surface area contributed by atoms with Crippen molar-refractivity contribution in [3.05, 3.63) is 34.1 Å². The average Bonchev–Trinajstić information content (AvgIpc) is 2.44. The largest absolute Gasteiger partial charge is 0.314 e. The molecule has 1 saturated heterocycles. The van der Waals surface area contributed by atoms with Crippen molar-refractivity contribution in [1.82, 2.24) is 10.2 Å². The quantitative estimate of drug-likeness (QED) is 0.870. The maximum atomic E-state index is 13.8. The minimum atomic E-state index is -0.160. The van der Waals surface area contributed by atoms with E-state index in [1.165, 1.54) is 6.07 Å². The van der Waals surface area contributed by atoms with Gasteiger partial charge in [-0.2, -0.15) is 0 Å². The van der Waals surface area contributed by atoms with Crippen LogP contribution in [0.1, 0.15) is 38.3 Å². The highest BCUT2D eigenvalue weighted by Crippen LogP contribution is 2.34. The molecule has 2 nitrogen and oxygen atoms in total. The van der Waals surface area contributed by atoms with Gasteiger partial charge in [0.25, 0.3) is 0 Å². The second-order valence-electron chi connectivity index (χ2n) is 5.92. The Balaban J connectivity index is 2.22. The van der Waals surface area contributed by atoms with Gasteiger partial charge < -0.3 is 5.32 Å². The summed E-state index contributed by atoms with van der Waals surface area (Å²) in [5.74, 6) is 0.514. The van der Waals surface area contributed by atoms with Crippen molar-refractivity contribution in [1.29, 1.82) is 0 Å². The van der Waals surface area contributed by atoms with Crippen molar-refractivity contribution < 1.29 is 4.39 Å². The van der Waals surface area contributed by atoms with Crippen LogP contribution in [0.4, 0.5) is 4.39 Å². The maximum absolute atomic E-state index is 13.8. The van der Waals surface area contributed by atoms with Gasteiger partial charge in [0.15, 0.2) is 0 Å². The monoisotopic (exact) mass is 342 g/mol. The van der Waals surface area contributed by atoms with Gasteiger partial charge in [0.2, 0.25) is 0 Å². The van der Waals surface area contributed by atoms with Crippen LogP contribution >= 0.6 is 15.9 Å². The summed E-state index contributed by atoms with van der Waals surface area (Å²) in [5, 5.41) is 3.38. The Kier molecular flexibility index (Phi) is 6.00. The number of hydrogen-bond acceptors (Lipinski definition) is 2. The molecule has 1 N–H and O–H groups in total. The average molecular weight is 343 g/mol. The fourth-order valence-electron chi connectivity index (χ4n) is 2.80. The van der Waals surface area contributed by atoms with Crippen molar-refractivity contribution in [2.24, 2.45) is 5.92 Å². The van der Waals surface area contributed by atoms with E-state index < -0.39 is 0 Å². The first-order chi connectivity index (χ1) is 9.59. The van der Waals surface area contributed by atoms with Gasteiger partial charge >= 0.3 is 0 Å². The van der Waals surface area contributed by atoms with Gasteiger partial charge in [-0.3, -0.25) is 4.90 Å². The first-order valence-corrected chi connectivity index (χ1v) is 8.27. The van der Waals surface area contributed by atoms with Crippen LogP contribution in [0.15, 0.2) is 22.7 Å². The lowest BCUT2D eigenvalue weighted by Crippen LogP contribution is -2.45. The second kappa shape index (κ2) is 7.53. The summed E-state index contributed by atoms with van der Waals surface area (Å²) < 4.78 is 14.5. The van der Waals surface area contributed by atoms with Crippen LogP contribution in [0.25, 0.3) is 0 Å². The van der Waals surface area contributed by atoms with Crippen molar-refractivity contribution in [3.8, 4) is 0 Å². The number of hydrogen-bond donors (Lipinski definition) is 1. The van der Waals surface area contributed by atoms with Crippen LogP contribution in [-0.2, 0) is 0 Å². The molecule has 1 aliphatic heterocycles. The van der Waals surface area contributed by atoms with Crippen molar-refractivity contribution >= 4 is 15.9 Å². The Morgan fingerprint density at radius 1 is 1.25 bits per heavy atom. The predicted molar refractivity (Wildman–Crippen MR) is 85.4 cm³/mol.